The van der Waals surface area contributed by atoms with Gasteiger partial charge in [-0.15, -0.1) is 11.6 Å². The molecule has 102 valence electrons. The average molecular weight is 281 g/mol. The number of hydrogen-bond acceptors (Lipinski definition) is 3. The molecule has 0 bridgehead atoms. The van der Waals surface area contributed by atoms with E-state index in [-0.39, 0.29) is 18.3 Å². The van der Waals surface area contributed by atoms with Gasteiger partial charge in [0.05, 0.1) is 5.88 Å². The Balaban J connectivity index is 2.43. The number of amides is 1. The van der Waals surface area contributed by atoms with Crippen LogP contribution in [0.3, 0.4) is 0 Å². The Hall–Kier alpha value is -1.62. The molecule has 0 aromatic carbocycles. The lowest BCUT2D eigenvalue weighted by Crippen LogP contribution is -2.30. The van der Waals surface area contributed by atoms with Crippen LogP contribution in [0.15, 0.2) is 12.3 Å². The van der Waals surface area contributed by atoms with Crippen LogP contribution < -0.4 is 0 Å². The molecule has 1 amide bonds. The van der Waals surface area contributed by atoms with Gasteiger partial charge < -0.3 is 9.47 Å². The van der Waals surface area contributed by atoms with Gasteiger partial charge in [0.25, 0.3) is 0 Å². The number of likely N-dealkylation sites (N-methyl/N-ethyl adjacent to an activating group) is 1. The molecule has 0 saturated heterocycles. The third-order valence-corrected chi connectivity index (χ3v) is 3.35. The Labute approximate surface area is 117 Å². The molecular weight excluding hydrogens is 264 g/mol. The molecule has 0 radical (unpaired) electrons. The highest BCUT2D eigenvalue weighted by molar-refractivity contribution is 6.16. The van der Waals surface area contributed by atoms with E-state index in [4.69, 9.17) is 11.6 Å². The van der Waals surface area contributed by atoms with Gasteiger partial charge in [0.1, 0.15) is 17.9 Å². The second-order valence-electron chi connectivity index (χ2n) is 4.51. The molecule has 2 aromatic rings. The number of carbonyl (C=O) groups excluding carboxylic acids is 1. The van der Waals surface area contributed by atoms with Gasteiger partial charge in [-0.2, -0.15) is 0 Å². The molecule has 0 aliphatic rings. The van der Waals surface area contributed by atoms with Gasteiger partial charge in [-0.25, -0.2) is 9.97 Å². The number of pyridine rings is 1. The van der Waals surface area contributed by atoms with E-state index < -0.39 is 0 Å². The fraction of sp³-hybridized carbons (Fsp3) is 0.462. The number of hydrogen-bond donors (Lipinski definition) is 0. The molecule has 0 saturated carbocycles. The van der Waals surface area contributed by atoms with E-state index in [1.54, 1.807) is 22.7 Å². The number of alkyl halides is 1. The summed E-state index contributed by atoms with van der Waals surface area (Å²) in [6.07, 6.45) is 1.77. The molecule has 0 N–H and O–H groups in total. The van der Waals surface area contributed by atoms with E-state index in [0.717, 1.165) is 11.1 Å². The van der Waals surface area contributed by atoms with E-state index >= 15 is 0 Å². The van der Waals surface area contributed by atoms with Crippen LogP contribution in [0.1, 0.15) is 18.3 Å². The molecule has 0 atom stereocenters. The Morgan fingerprint density at radius 1 is 1.53 bits per heavy atom. The summed E-state index contributed by atoms with van der Waals surface area (Å²) in [6.45, 7) is 4.79. The fourth-order valence-electron chi connectivity index (χ4n) is 1.86. The van der Waals surface area contributed by atoms with E-state index in [1.807, 2.05) is 19.9 Å². The van der Waals surface area contributed by atoms with E-state index in [0.29, 0.717) is 18.0 Å². The number of aromatic nitrogens is 3. The molecule has 2 aromatic heterocycles. The van der Waals surface area contributed by atoms with Gasteiger partial charge in [0, 0.05) is 19.8 Å². The number of rotatable bonds is 4. The van der Waals surface area contributed by atoms with Crippen molar-refractivity contribution in [2.24, 2.45) is 0 Å². The highest BCUT2D eigenvalue weighted by Crippen LogP contribution is 2.16. The first kappa shape index (κ1) is 13.8. The van der Waals surface area contributed by atoms with Crippen molar-refractivity contribution in [3.05, 3.63) is 23.7 Å². The number of halogens is 1. The zero-order valence-electron chi connectivity index (χ0n) is 11.4. The molecule has 0 fully saturated rings. The predicted molar refractivity (Wildman–Crippen MR) is 75.1 cm³/mol. The SMILES string of the molecule is CCN(C)C(=O)Cn1c(CCl)nc2cc(C)cnc21. The van der Waals surface area contributed by atoms with Crippen molar-refractivity contribution in [2.75, 3.05) is 13.6 Å². The van der Waals surface area contributed by atoms with Gasteiger partial charge in [-0.1, -0.05) is 0 Å². The molecule has 6 heteroatoms. The first-order valence-corrected chi connectivity index (χ1v) is 6.72. The van der Waals surface area contributed by atoms with Crippen LogP contribution in [0.25, 0.3) is 11.2 Å². The van der Waals surface area contributed by atoms with Crippen LogP contribution in [0.2, 0.25) is 0 Å². The largest absolute Gasteiger partial charge is 0.344 e. The van der Waals surface area contributed by atoms with Crippen molar-refractivity contribution in [1.29, 1.82) is 0 Å². The van der Waals surface area contributed by atoms with Crippen molar-refractivity contribution in [1.82, 2.24) is 19.4 Å². The number of nitrogens with zero attached hydrogens (tertiary/aromatic N) is 4. The fourth-order valence-corrected chi connectivity index (χ4v) is 2.06. The van der Waals surface area contributed by atoms with E-state index in [1.165, 1.54) is 0 Å². The van der Waals surface area contributed by atoms with Crippen molar-refractivity contribution >= 4 is 28.7 Å². The summed E-state index contributed by atoms with van der Waals surface area (Å²) in [5, 5.41) is 0. The van der Waals surface area contributed by atoms with Crippen molar-refractivity contribution in [3.8, 4) is 0 Å². The average Bonchev–Trinajstić information content (AvgIpc) is 2.74. The third kappa shape index (κ3) is 2.71. The molecule has 0 aliphatic carbocycles. The van der Waals surface area contributed by atoms with Crippen LogP contribution >= 0.6 is 11.6 Å². The first-order chi connectivity index (χ1) is 9.06. The zero-order chi connectivity index (χ0) is 14.0. The lowest BCUT2D eigenvalue weighted by atomic mass is 10.3. The normalized spacial score (nSPS) is 10.9. The lowest BCUT2D eigenvalue weighted by Gasteiger charge is -2.15. The van der Waals surface area contributed by atoms with Crippen LogP contribution in [0.5, 0.6) is 0 Å². The summed E-state index contributed by atoms with van der Waals surface area (Å²) in [4.78, 5) is 22.5. The highest BCUT2D eigenvalue weighted by Gasteiger charge is 2.15. The maximum atomic E-state index is 12.0. The second kappa shape index (κ2) is 5.57. The quantitative estimate of drug-likeness (QED) is 0.805. The maximum absolute atomic E-state index is 12.0. The molecule has 2 rings (SSSR count). The van der Waals surface area contributed by atoms with Gasteiger partial charge in [-0.05, 0) is 25.5 Å². The van der Waals surface area contributed by atoms with Gasteiger partial charge in [0.15, 0.2) is 5.65 Å². The topological polar surface area (TPSA) is 51.0 Å². The summed E-state index contributed by atoms with van der Waals surface area (Å²) >= 11 is 5.90. The minimum atomic E-state index is 0.0236. The molecule has 19 heavy (non-hydrogen) atoms. The summed E-state index contributed by atoms with van der Waals surface area (Å²) in [5.74, 6) is 0.960. The molecule has 0 spiro atoms. The Bertz CT molecular complexity index is 608. The highest BCUT2D eigenvalue weighted by atomic mass is 35.5. The molecule has 0 unspecified atom stereocenters. The number of imidazole rings is 1. The smallest absolute Gasteiger partial charge is 0.242 e. The first-order valence-electron chi connectivity index (χ1n) is 6.18. The Morgan fingerprint density at radius 3 is 2.89 bits per heavy atom. The van der Waals surface area contributed by atoms with Crippen LogP contribution in [-0.2, 0) is 17.2 Å². The van der Waals surface area contributed by atoms with Crippen LogP contribution in [-0.4, -0.2) is 38.9 Å². The molecular formula is C13H17ClN4O. The second-order valence-corrected chi connectivity index (χ2v) is 4.78. The molecule has 0 aliphatic heterocycles. The van der Waals surface area contributed by atoms with Crippen molar-refractivity contribution < 1.29 is 4.79 Å². The van der Waals surface area contributed by atoms with E-state index in [2.05, 4.69) is 9.97 Å². The van der Waals surface area contributed by atoms with Gasteiger partial charge >= 0.3 is 0 Å². The third-order valence-electron chi connectivity index (χ3n) is 3.11. The lowest BCUT2D eigenvalue weighted by molar-refractivity contribution is -0.130. The molecule has 2 heterocycles. The van der Waals surface area contributed by atoms with Crippen molar-refractivity contribution in [2.45, 2.75) is 26.3 Å². The van der Waals surface area contributed by atoms with Gasteiger partial charge in [0.2, 0.25) is 5.91 Å². The standard InChI is InChI=1S/C13H17ClN4O/c1-4-17(3)12(19)8-18-11(6-14)16-10-5-9(2)7-15-13(10)18/h5,7H,4,6,8H2,1-3H3. The number of fused-ring (bicyclic) bond motifs is 1. The zero-order valence-corrected chi connectivity index (χ0v) is 12.1. The number of aryl methyl sites for hydroxylation is 1. The predicted octanol–water partition coefficient (Wildman–Crippen LogP) is 1.96. The summed E-state index contributed by atoms with van der Waals surface area (Å²) < 4.78 is 1.79. The Kier molecular flexibility index (Phi) is 4.04. The minimum Gasteiger partial charge on any atom is -0.344 e. The molecule has 5 nitrogen and oxygen atoms in total. The number of carbonyl (C=O) groups is 1. The summed E-state index contributed by atoms with van der Waals surface area (Å²) in [7, 11) is 1.78. The minimum absolute atomic E-state index is 0.0236. The van der Waals surface area contributed by atoms with Crippen molar-refractivity contribution in [3.63, 3.8) is 0 Å². The van der Waals surface area contributed by atoms with Gasteiger partial charge in [-0.3, -0.25) is 4.79 Å². The maximum Gasteiger partial charge on any atom is 0.242 e. The Morgan fingerprint density at radius 2 is 2.26 bits per heavy atom. The van der Waals surface area contributed by atoms with Crippen LogP contribution in [0, 0.1) is 6.92 Å². The summed E-state index contributed by atoms with van der Waals surface area (Å²) in [6, 6.07) is 1.95. The summed E-state index contributed by atoms with van der Waals surface area (Å²) in [5.41, 5.74) is 2.52. The van der Waals surface area contributed by atoms with Crippen LogP contribution in [0.4, 0.5) is 0 Å². The van der Waals surface area contributed by atoms with E-state index in [9.17, 15) is 4.79 Å². The monoisotopic (exact) mass is 280 g/mol.